The molecule has 1 atom stereocenters. The summed E-state index contributed by atoms with van der Waals surface area (Å²) < 4.78 is 23.8. The Balaban J connectivity index is 4.59. The predicted octanol–water partition coefficient (Wildman–Crippen LogP) is 2.79. The summed E-state index contributed by atoms with van der Waals surface area (Å²) in [4.78, 5) is 9.95. The zero-order valence-corrected chi connectivity index (χ0v) is 15.6. The lowest BCUT2D eigenvalue weighted by Crippen LogP contribution is -2.49. The average Bonchev–Trinajstić information content (AvgIpc) is 2.50. The average molecular weight is 326 g/mol. The smallest absolute Gasteiger partial charge is 0.322 e. The van der Waals surface area contributed by atoms with E-state index in [2.05, 4.69) is 20.8 Å². The first-order chi connectivity index (χ1) is 9.78. The van der Waals surface area contributed by atoms with E-state index < -0.39 is 7.82 Å². The van der Waals surface area contributed by atoms with Crippen LogP contribution < -0.4 is 0 Å². The minimum absolute atomic E-state index is 0.142. The molecule has 0 aliphatic rings. The number of rotatable bonds is 12. The topological polar surface area (TPSA) is 55.8 Å². The van der Waals surface area contributed by atoms with Crippen LogP contribution in [0.3, 0.4) is 0 Å². The van der Waals surface area contributed by atoms with Crippen LogP contribution >= 0.6 is 7.82 Å². The lowest BCUT2D eigenvalue weighted by atomic mass is 10.3. The van der Waals surface area contributed by atoms with Gasteiger partial charge in [0.1, 0.15) is 32.8 Å². The summed E-state index contributed by atoms with van der Waals surface area (Å²) in [5.74, 6) is 0. The molecule has 0 amide bonds. The molecule has 0 bridgehead atoms. The monoisotopic (exact) mass is 326 g/mol. The molecule has 0 aliphatic carbocycles. The summed E-state index contributed by atoms with van der Waals surface area (Å²) in [5.41, 5.74) is 0. The first kappa shape index (κ1) is 21.0. The van der Waals surface area contributed by atoms with Gasteiger partial charge in [0.15, 0.2) is 0 Å². The maximum Gasteiger partial charge on any atom is 0.518 e. The number of nitrogens with zero attached hydrogens (tertiary/aromatic N) is 2. The van der Waals surface area contributed by atoms with E-state index in [9.17, 15) is 9.46 Å². The molecule has 1 unspecified atom stereocenters. The Morgan fingerprint density at radius 2 is 1.29 bits per heavy atom. The standard InChI is InChI=1S/C14H34N2O4P/c1-7-15(8-2,9-3)13-14-19-21(17,18)20-16(10-4,11-5)12-6/h7-14H2,1-6H3/q+1/p+1. The normalized spacial score (nSPS) is 16.0. The fourth-order valence-electron chi connectivity index (χ4n) is 2.58. The second kappa shape index (κ2) is 9.23. The molecule has 128 valence electrons. The molecule has 0 aliphatic heterocycles. The molecule has 6 nitrogen and oxygen atoms in total. The largest absolute Gasteiger partial charge is 0.518 e. The fraction of sp³-hybridized carbons (Fsp3) is 1.00. The Morgan fingerprint density at radius 3 is 1.62 bits per heavy atom. The molecule has 0 heterocycles. The Bertz CT molecular complexity index is 314. The summed E-state index contributed by atoms with van der Waals surface area (Å²) in [6.07, 6.45) is 0. The van der Waals surface area contributed by atoms with Gasteiger partial charge >= 0.3 is 7.82 Å². The molecule has 21 heavy (non-hydrogen) atoms. The third-order valence-electron chi connectivity index (χ3n) is 4.84. The minimum Gasteiger partial charge on any atom is -0.322 e. The van der Waals surface area contributed by atoms with Gasteiger partial charge in [0, 0.05) is 0 Å². The van der Waals surface area contributed by atoms with Crippen molar-refractivity contribution in [3.63, 3.8) is 0 Å². The number of phosphoric acid groups is 1. The molecule has 0 saturated carbocycles. The highest BCUT2D eigenvalue weighted by molar-refractivity contribution is 7.47. The van der Waals surface area contributed by atoms with Crippen molar-refractivity contribution in [1.82, 2.24) is 0 Å². The summed E-state index contributed by atoms with van der Waals surface area (Å²) in [6.45, 7) is 18.1. The van der Waals surface area contributed by atoms with E-state index in [0.29, 0.717) is 19.6 Å². The lowest BCUT2D eigenvalue weighted by Gasteiger charge is -2.36. The van der Waals surface area contributed by atoms with Crippen LogP contribution in [0.25, 0.3) is 0 Å². The third kappa shape index (κ3) is 6.35. The molecule has 0 aromatic heterocycles. The Hall–Kier alpha value is 0.0300. The van der Waals surface area contributed by atoms with Crippen molar-refractivity contribution < 1.29 is 27.7 Å². The lowest BCUT2D eigenvalue weighted by molar-refractivity contribution is -1.08. The van der Waals surface area contributed by atoms with E-state index in [0.717, 1.165) is 30.7 Å². The molecule has 0 spiro atoms. The second-order valence-corrected chi connectivity index (χ2v) is 6.76. The zero-order valence-electron chi connectivity index (χ0n) is 14.7. The first-order valence-corrected chi connectivity index (χ1v) is 9.67. The van der Waals surface area contributed by atoms with Gasteiger partial charge in [-0.15, -0.1) is 0 Å². The molecule has 0 radical (unpaired) electrons. The number of hydrogen-bond donors (Lipinski definition) is 1. The van der Waals surface area contributed by atoms with E-state index in [-0.39, 0.29) is 11.3 Å². The molecule has 0 aromatic rings. The Kier molecular flexibility index (Phi) is 9.25. The predicted molar refractivity (Wildman–Crippen MR) is 85.5 cm³/mol. The van der Waals surface area contributed by atoms with Crippen LogP contribution in [-0.2, 0) is 13.7 Å². The fourth-order valence-corrected chi connectivity index (χ4v) is 3.73. The van der Waals surface area contributed by atoms with Crippen molar-refractivity contribution in [2.45, 2.75) is 41.5 Å². The number of hydrogen-bond acceptors (Lipinski definition) is 3. The van der Waals surface area contributed by atoms with Crippen LogP contribution in [0.5, 0.6) is 0 Å². The van der Waals surface area contributed by atoms with Gasteiger partial charge in [-0.2, -0.15) is 4.65 Å². The van der Waals surface area contributed by atoms with Gasteiger partial charge in [-0.3, -0.25) is 9.42 Å². The van der Waals surface area contributed by atoms with Gasteiger partial charge in [0.2, 0.25) is 0 Å². The molecule has 0 saturated heterocycles. The van der Waals surface area contributed by atoms with Gasteiger partial charge in [-0.1, -0.05) is 4.62 Å². The summed E-state index contributed by atoms with van der Waals surface area (Å²) in [6, 6.07) is 0. The van der Waals surface area contributed by atoms with E-state index in [1.807, 2.05) is 20.8 Å². The van der Waals surface area contributed by atoms with Crippen LogP contribution in [0, 0.1) is 0 Å². The van der Waals surface area contributed by atoms with Crippen molar-refractivity contribution in [3.05, 3.63) is 0 Å². The molecule has 0 fully saturated rings. The Morgan fingerprint density at radius 1 is 0.857 bits per heavy atom. The van der Waals surface area contributed by atoms with Crippen molar-refractivity contribution in [1.29, 1.82) is 0 Å². The van der Waals surface area contributed by atoms with Crippen LogP contribution in [0.15, 0.2) is 0 Å². The number of phosphoric ester groups is 1. The highest BCUT2D eigenvalue weighted by atomic mass is 31.2. The highest BCUT2D eigenvalue weighted by Gasteiger charge is 2.37. The summed E-state index contributed by atoms with van der Waals surface area (Å²) >= 11 is 0. The number of hydroxylamine groups is 3. The third-order valence-corrected chi connectivity index (χ3v) is 5.90. The van der Waals surface area contributed by atoms with Crippen molar-refractivity contribution in [2.24, 2.45) is 0 Å². The van der Waals surface area contributed by atoms with Crippen molar-refractivity contribution >= 4 is 7.82 Å². The quantitative estimate of drug-likeness (QED) is 0.340. The van der Waals surface area contributed by atoms with Crippen LogP contribution in [0.1, 0.15) is 41.5 Å². The van der Waals surface area contributed by atoms with Crippen molar-refractivity contribution in [3.8, 4) is 0 Å². The van der Waals surface area contributed by atoms with Crippen LogP contribution in [0.2, 0.25) is 0 Å². The highest BCUT2D eigenvalue weighted by Crippen LogP contribution is 2.46. The first-order valence-electron chi connectivity index (χ1n) is 8.18. The van der Waals surface area contributed by atoms with Gasteiger partial charge in [-0.25, -0.2) is 4.57 Å². The van der Waals surface area contributed by atoms with Gasteiger partial charge in [-0.05, 0) is 41.5 Å². The second-order valence-electron chi connectivity index (χ2n) is 5.40. The zero-order chi connectivity index (χ0) is 16.6. The molecular formula is C14H35N2O4P+2. The van der Waals surface area contributed by atoms with Gasteiger partial charge < -0.3 is 4.48 Å². The van der Waals surface area contributed by atoms with E-state index >= 15 is 0 Å². The minimum atomic E-state index is -4.02. The number of likely N-dealkylation sites (N-methyl/N-ethyl adjacent to an activating group) is 1. The molecule has 1 N–H and O–H groups in total. The molecule has 7 heteroatoms. The SMILES string of the molecule is CC[N+](CC)(CC)CCOP(=O)(O)O[N+](CC)(CC)CC. The van der Waals surface area contributed by atoms with Gasteiger partial charge in [0.25, 0.3) is 0 Å². The summed E-state index contributed by atoms with van der Waals surface area (Å²) in [7, 11) is -4.02. The van der Waals surface area contributed by atoms with E-state index in [4.69, 9.17) is 9.15 Å². The van der Waals surface area contributed by atoms with E-state index in [1.54, 1.807) is 0 Å². The van der Waals surface area contributed by atoms with Crippen molar-refractivity contribution in [2.75, 3.05) is 52.4 Å². The van der Waals surface area contributed by atoms with E-state index in [1.165, 1.54) is 0 Å². The van der Waals surface area contributed by atoms with Crippen LogP contribution in [0.4, 0.5) is 0 Å². The molecule has 0 aromatic carbocycles. The van der Waals surface area contributed by atoms with Crippen LogP contribution in [-0.4, -0.2) is 66.4 Å². The number of quaternary nitrogens is 2. The maximum absolute atomic E-state index is 12.1. The molecular weight excluding hydrogens is 291 g/mol. The maximum atomic E-state index is 12.1. The van der Waals surface area contributed by atoms with Gasteiger partial charge in [0.05, 0.1) is 19.6 Å². The summed E-state index contributed by atoms with van der Waals surface area (Å²) in [5, 5.41) is 0. The molecule has 0 rings (SSSR count). The Labute approximate surface area is 130 Å².